The van der Waals surface area contributed by atoms with Crippen molar-refractivity contribution in [1.29, 1.82) is 0 Å². The van der Waals surface area contributed by atoms with Gasteiger partial charge in [0, 0.05) is 6.07 Å². The molecule has 2 rings (SSSR count). The first-order chi connectivity index (χ1) is 12.4. The van der Waals surface area contributed by atoms with Crippen LogP contribution in [0.3, 0.4) is 0 Å². The zero-order chi connectivity index (χ0) is 19.1. The number of hydrogen-bond donors (Lipinski definition) is 2. The lowest BCUT2D eigenvalue weighted by atomic mass is 10.0. The summed E-state index contributed by atoms with van der Waals surface area (Å²) >= 11 is 0. The standard InChI is InChI=1S/C19H20F2N2O3/c1-12(2)18(19(25)22-16-9-8-13(20)10-15(16)21)23-17(24)11-26-14-6-4-3-5-7-14/h3-10,12,18H,11H2,1-2H3,(H,22,25)(H,23,24)/t18-/m0/s1. The number of hydrogen-bond acceptors (Lipinski definition) is 3. The summed E-state index contributed by atoms with van der Waals surface area (Å²) in [7, 11) is 0. The highest BCUT2D eigenvalue weighted by Gasteiger charge is 2.25. The summed E-state index contributed by atoms with van der Waals surface area (Å²) in [6.45, 7) is 3.22. The second-order valence-corrected chi connectivity index (χ2v) is 6.00. The molecule has 2 N–H and O–H groups in total. The van der Waals surface area contributed by atoms with E-state index in [4.69, 9.17) is 4.74 Å². The van der Waals surface area contributed by atoms with E-state index in [0.717, 1.165) is 12.1 Å². The van der Waals surface area contributed by atoms with E-state index >= 15 is 0 Å². The van der Waals surface area contributed by atoms with E-state index in [2.05, 4.69) is 10.6 Å². The molecule has 0 saturated heterocycles. The molecule has 0 aliphatic rings. The predicted molar refractivity (Wildman–Crippen MR) is 93.7 cm³/mol. The first-order valence-electron chi connectivity index (χ1n) is 8.10. The molecule has 0 aromatic heterocycles. The Morgan fingerprint density at radius 1 is 1.08 bits per heavy atom. The molecule has 26 heavy (non-hydrogen) atoms. The lowest BCUT2D eigenvalue weighted by Crippen LogP contribution is -2.48. The minimum atomic E-state index is -0.897. The first kappa shape index (κ1) is 19.4. The van der Waals surface area contributed by atoms with Crippen LogP contribution in [0, 0.1) is 17.6 Å². The summed E-state index contributed by atoms with van der Waals surface area (Å²) < 4.78 is 32.0. The third-order valence-corrected chi connectivity index (χ3v) is 3.57. The molecule has 2 aromatic rings. The molecule has 0 aliphatic carbocycles. The van der Waals surface area contributed by atoms with Crippen molar-refractivity contribution in [2.75, 3.05) is 11.9 Å². The van der Waals surface area contributed by atoms with Gasteiger partial charge in [0.1, 0.15) is 23.4 Å². The van der Waals surface area contributed by atoms with Crippen LogP contribution in [0.15, 0.2) is 48.5 Å². The zero-order valence-corrected chi connectivity index (χ0v) is 14.5. The van der Waals surface area contributed by atoms with Crippen LogP contribution in [0.4, 0.5) is 14.5 Å². The number of carbonyl (C=O) groups excluding carboxylic acids is 2. The van der Waals surface area contributed by atoms with Crippen molar-refractivity contribution in [3.8, 4) is 5.75 Å². The lowest BCUT2D eigenvalue weighted by Gasteiger charge is -2.22. The molecule has 0 spiro atoms. The van der Waals surface area contributed by atoms with Crippen LogP contribution < -0.4 is 15.4 Å². The average Bonchev–Trinajstić information content (AvgIpc) is 2.60. The molecule has 1 atom stereocenters. The fourth-order valence-electron chi connectivity index (χ4n) is 2.22. The molecule has 138 valence electrons. The maximum atomic E-state index is 13.7. The Labute approximate surface area is 150 Å². The van der Waals surface area contributed by atoms with Gasteiger partial charge in [-0.2, -0.15) is 0 Å². The van der Waals surface area contributed by atoms with Crippen LogP contribution in [0.25, 0.3) is 0 Å². The van der Waals surface area contributed by atoms with Crippen molar-refractivity contribution < 1.29 is 23.1 Å². The van der Waals surface area contributed by atoms with Gasteiger partial charge in [-0.05, 0) is 30.2 Å². The molecule has 0 bridgehead atoms. The van der Waals surface area contributed by atoms with Gasteiger partial charge in [-0.15, -0.1) is 0 Å². The van der Waals surface area contributed by atoms with Crippen LogP contribution >= 0.6 is 0 Å². The van der Waals surface area contributed by atoms with Crippen LogP contribution in [0.2, 0.25) is 0 Å². The number of benzene rings is 2. The molecule has 0 fully saturated rings. The molecule has 0 aliphatic heterocycles. The Bertz CT molecular complexity index is 767. The summed E-state index contributed by atoms with van der Waals surface area (Å²) in [6, 6.07) is 10.7. The Morgan fingerprint density at radius 3 is 2.38 bits per heavy atom. The number of halogens is 2. The lowest BCUT2D eigenvalue weighted by molar-refractivity contribution is -0.128. The largest absolute Gasteiger partial charge is 0.484 e. The fourth-order valence-corrected chi connectivity index (χ4v) is 2.22. The zero-order valence-electron chi connectivity index (χ0n) is 14.5. The van der Waals surface area contributed by atoms with E-state index in [0.29, 0.717) is 11.8 Å². The van der Waals surface area contributed by atoms with Crippen molar-refractivity contribution in [3.63, 3.8) is 0 Å². The van der Waals surface area contributed by atoms with E-state index in [-0.39, 0.29) is 18.2 Å². The molecule has 5 nitrogen and oxygen atoms in total. The number of carbonyl (C=O) groups is 2. The van der Waals surface area contributed by atoms with Crippen molar-refractivity contribution in [2.24, 2.45) is 5.92 Å². The highest BCUT2D eigenvalue weighted by molar-refractivity contribution is 5.97. The third kappa shape index (κ3) is 5.54. The Balaban J connectivity index is 1.96. The van der Waals surface area contributed by atoms with Gasteiger partial charge in [0.15, 0.2) is 6.61 Å². The Kier molecular flexibility index (Phi) is 6.66. The van der Waals surface area contributed by atoms with E-state index in [1.165, 1.54) is 0 Å². The molecule has 0 saturated carbocycles. The minimum absolute atomic E-state index is 0.156. The van der Waals surface area contributed by atoms with Gasteiger partial charge in [-0.1, -0.05) is 32.0 Å². The molecule has 0 radical (unpaired) electrons. The van der Waals surface area contributed by atoms with E-state index in [1.54, 1.807) is 38.1 Å². The average molecular weight is 362 g/mol. The van der Waals surface area contributed by atoms with Crippen molar-refractivity contribution >= 4 is 17.5 Å². The van der Waals surface area contributed by atoms with Crippen molar-refractivity contribution in [3.05, 3.63) is 60.2 Å². The van der Waals surface area contributed by atoms with Gasteiger partial charge in [-0.25, -0.2) is 8.78 Å². The fraction of sp³-hybridized carbons (Fsp3) is 0.263. The number of para-hydroxylation sites is 1. The number of rotatable bonds is 7. The summed E-state index contributed by atoms with van der Waals surface area (Å²) in [6.07, 6.45) is 0. The van der Waals surface area contributed by atoms with Crippen LogP contribution in [0.1, 0.15) is 13.8 Å². The monoisotopic (exact) mass is 362 g/mol. The molecule has 2 aromatic carbocycles. The first-order valence-corrected chi connectivity index (χ1v) is 8.10. The molecular weight excluding hydrogens is 342 g/mol. The highest BCUT2D eigenvalue weighted by atomic mass is 19.1. The molecular formula is C19H20F2N2O3. The van der Waals surface area contributed by atoms with Crippen molar-refractivity contribution in [1.82, 2.24) is 5.32 Å². The SMILES string of the molecule is CC(C)[C@H](NC(=O)COc1ccccc1)C(=O)Nc1ccc(F)cc1F. The number of anilines is 1. The van der Waals surface area contributed by atoms with Crippen LogP contribution in [0.5, 0.6) is 5.75 Å². The smallest absolute Gasteiger partial charge is 0.258 e. The quantitative estimate of drug-likeness (QED) is 0.795. The molecule has 0 heterocycles. The van der Waals surface area contributed by atoms with Gasteiger partial charge in [-0.3, -0.25) is 9.59 Å². The number of ether oxygens (including phenoxy) is 1. The Morgan fingerprint density at radius 2 is 1.77 bits per heavy atom. The predicted octanol–water partition coefficient (Wildman–Crippen LogP) is 3.12. The summed E-state index contributed by atoms with van der Waals surface area (Å²) in [5, 5.41) is 4.93. The van der Waals surface area contributed by atoms with E-state index in [1.807, 2.05) is 6.07 Å². The summed E-state index contributed by atoms with van der Waals surface area (Å²) in [4.78, 5) is 24.4. The molecule has 7 heteroatoms. The molecule has 2 amide bonds. The topological polar surface area (TPSA) is 67.4 Å². The third-order valence-electron chi connectivity index (χ3n) is 3.57. The van der Waals surface area contributed by atoms with Crippen LogP contribution in [-0.2, 0) is 9.59 Å². The summed E-state index contributed by atoms with van der Waals surface area (Å²) in [5.41, 5.74) is -0.156. The van der Waals surface area contributed by atoms with Gasteiger partial charge in [0.05, 0.1) is 5.69 Å². The maximum absolute atomic E-state index is 13.7. The van der Waals surface area contributed by atoms with Gasteiger partial charge < -0.3 is 15.4 Å². The highest BCUT2D eigenvalue weighted by Crippen LogP contribution is 2.16. The maximum Gasteiger partial charge on any atom is 0.258 e. The van der Waals surface area contributed by atoms with Crippen molar-refractivity contribution in [2.45, 2.75) is 19.9 Å². The van der Waals surface area contributed by atoms with Gasteiger partial charge in [0.25, 0.3) is 5.91 Å². The van der Waals surface area contributed by atoms with Gasteiger partial charge >= 0.3 is 0 Å². The number of amides is 2. The van der Waals surface area contributed by atoms with Gasteiger partial charge in [0.2, 0.25) is 5.91 Å². The normalized spacial score (nSPS) is 11.7. The number of nitrogens with one attached hydrogen (secondary N) is 2. The second-order valence-electron chi connectivity index (χ2n) is 6.00. The van der Waals surface area contributed by atoms with Crippen LogP contribution in [-0.4, -0.2) is 24.5 Å². The van der Waals surface area contributed by atoms with E-state index < -0.39 is 29.5 Å². The molecule has 0 unspecified atom stereocenters. The minimum Gasteiger partial charge on any atom is -0.484 e. The Hall–Kier alpha value is -2.96. The second kappa shape index (κ2) is 8.94. The van der Waals surface area contributed by atoms with E-state index in [9.17, 15) is 18.4 Å². The summed E-state index contributed by atoms with van der Waals surface area (Å²) in [5.74, 6) is -2.44.